The minimum Gasteiger partial charge on any atom is -0.414 e. The maximum absolute atomic E-state index is 12.3. The highest BCUT2D eigenvalue weighted by atomic mass is 28.4. The molecule has 4 heteroatoms. The third-order valence-electron chi connectivity index (χ3n) is 5.93. The normalized spacial score (nSPS) is 13.2. The number of Topliss-reactive ketones (excluding diaryl/α,β-unsaturated/α-hetero) is 1. The molecule has 0 N–H and O–H groups in total. The van der Waals surface area contributed by atoms with E-state index in [1.165, 1.54) is 5.56 Å². The predicted octanol–water partition coefficient (Wildman–Crippen LogP) is 6.58. The van der Waals surface area contributed by atoms with Gasteiger partial charge in [0.05, 0.1) is 6.61 Å². The van der Waals surface area contributed by atoms with E-state index in [-0.39, 0.29) is 23.5 Å². The van der Waals surface area contributed by atoms with E-state index in [0.29, 0.717) is 13.0 Å². The van der Waals surface area contributed by atoms with Crippen LogP contribution in [0.4, 0.5) is 0 Å². The second-order valence-corrected chi connectivity index (χ2v) is 14.4. The molecule has 2 aromatic rings. The first-order valence-electron chi connectivity index (χ1n) is 11.0. The molecule has 30 heavy (non-hydrogen) atoms. The minimum absolute atomic E-state index is 0.145. The van der Waals surface area contributed by atoms with E-state index in [0.717, 1.165) is 24.8 Å². The Balaban J connectivity index is 1.83. The quantitative estimate of drug-likeness (QED) is 0.360. The Bertz CT molecular complexity index is 751. The Morgan fingerprint density at radius 1 is 0.933 bits per heavy atom. The molecule has 0 radical (unpaired) electrons. The van der Waals surface area contributed by atoms with Crippen LogP contribution in [0.2, 0.25) is 18.1 Å². The van der Waals surface area contributed by atoms with E-state index < -0.39 is 8.32 Å². The number of carbonyl (C=O) groups excluding carboxylic acids is 1. The molecule has 0 spiro atoms. The molecule has 0 aromatic heterocycles. The molecule has 0 saturated heterocycles. The molecule has 0 aliphatic heterocycles. The Labute approximate surface area is 183 Å². The summed E-state index contributed by atoms with van der Waals surface area (Å²) in [5.41, 5.74) is 2.38. The Hall–Kier alpha value is -1.75. The maximum Gasteiger partial charge on any atom is 0.192 e. The lowest BCUT2D eigenvalue weighted by molar-refractivity contribution is -0.124. The maximum atomic E-state index is 12.3. The fraction of sp³-hybridized carbons (Fsp3) is 0.500. The summed E-state index contributed by atoms with van der Waals surface area (Å²) in [4.78, 5) is 12.3. The van der Waals surface area contributed by atoms with Gasteiger partial charge in [-0.3, -0.25) is 4.79 Å². The zero-order chi connectivity index (χ0) is 22.0. The van der Waals surface area contributed by atoms with Gasteiger partial charge in [-0.15, -0.1) is 0 Å². The summed E-state index contributed by atoms with van der Waals surface area (Å²) in [5, 5.41) is 0.170. The van der Waals surface area contributed by atoms with Gasteiger partial charge in [0.1, 0.15) is 6.61 Å². The van der Waals surface area contributed by atoms with Crippen LogP contribution in [0, 0.1) is 0 Å². The van der Waals surface area contributed by atoms with Crippen LogP contribution in [0.15, 0.2) is 60.7 Å². The Morgan fingerprint density at radius 2 is 1.50 bits per heavy atom. The lowest BCUT2D eigenvalue weighted by atomic mass is 10.0. The fourth-order valence-corrected chi connectivity index (χ4v) is 4.52. The van der Waals surface area contributed by atoms with Crippen molar-refractivity contribution in [2.75, 3.05) is 6.61 Å². The highest BCUT2D eigenvalue weighted by molar-refractivity contribution is 6.74. The van der Waals surface area contributed by atoms with Crippen molar-refractivity contribution in [2.24, 2.45) is 0 Å². The van der Waals surface area contributed by atoms with Crippen molar-refractivity contribution in [1.29, 1.82) is 0 Å². The van der Waals surface area contributed by atoms with Crippen molar-refractivity contribution >= 4 is 14.1 Å². The molecule has 0 bridgehead atoms. The standard InChI is InChI=1S/C26H38O3Si/c1-26(2,3)30(4,5)29-25(19-22-13-8-6-9-14-22)18-12-17-24(27)21-28-20-23-15-10-7-11-16-23/h6-11,13-16,25H,12,17-21H2,1-5H3. The second-order valence-electron chi connectivity index (χ2n) is 9.60. The van der Waals surface area contributed by atoms with Gasteiger partial charge in [-0.25, -0.2) is 0 Å². The van der Waals surface area contributed by atoms with Crippen LogP contribution in [0.5, 0.6) is 0 Å². The molecular weight excluding hydrogens is 388 g/mol. The van der Waals surface area contributed by atoms with Gasteiger partial charge < -0.3 is 9.16 Å². The highest BCUT2D eigenvalue weighted by Gasteiger charge is 2.39. The molecule has 0 aliphatic rings. The number of ether oxygens (including phenoxy) is 1. The Morgan fingerprint density at radius 3 is 2.07 bits per heavy atom. The molecule has 0 amide bonds. The summed E-state index contributed by atoms with van der Waals surface area (Å²) >= 11 is 0. The Kier molecular flexibility index (Phi) is 9.47. The van der Waals surface area contributed by atoms with Gasteiger partial charge in [-0.05, 0) is 48.5 Å². The summed E-state index contributed by atoms with van der Waals surface area (Å²) < 4.78 is 12.3. The van der Waals surface area contributed by atoms with E-state index in [1.807, 2.05) is 36.4 Å². The van der Waals surface area contributed by atoms with Crippen LogP contribution in [0.3, 0.4) is 0 Å². The number of carbonyl (C=O) groups is 1. The van der Waals surface area contributed by atoms with Crippen molar-refractivity contribution < 1.29 is 14.0 Å². The molecule has 0 heterocycles. The van der Waals surface area contributed by atoms with Crippen LogP contribution in [-0.4, -0.2) is 26.8 Å². The third kappa shape index (κ3) is 8.55. The lowest BCUT2D eigenvalue weighted by Crippen LogP contribution is -2.44. The fourth-order valence-electron chi connectivity index (χ4n) is 3.13. The molecule has 2 rings (SSSR count). The van der Waals surface area contributed by atoms with Crippen molar-refractivity contribution in [1.82, 2.24) is 0 Å². The molecule has 1 atom stereocenters. The smallest absolute Gasteiger partial charge is 0.192 e. The molecule has 1 unspecified atom stereocenters. The van der Waals surface area contributed by atoms with Crippen molar-refractivity contribution in [3.63, 3.8) is 0 Å². The molecule has 2 aromatic carbocycles. The lowest BCUT2D eigenvalue weighted by Gasteiger charge is -2.39. The van der Waals surface area contributed by atoms with E-state index in [4.69, 9.17) is 9.16 Å². The van der Waals surface area contributed by atoms with Gasteiger partial charge in [-0.1, -0.05) is 81.4 Å². The molecule has 0 fully saturated rings. The summed E-state index contributed by atoms with van der Waals surface area (Å²) in [6, 6.07) is 20.5. The molecule has 0 saturated carbocycles. The first-order chi connectivity index (χ1) is 14.2. The van der Waals surface area contributed by atoms with Crippen molar-refractivity contribution in [3.05, 3.63) is 71.8 Å². The average molecular weight is 427 g/mol. The van der Waals surface area contributed by atoms with Crippen LogP contribution < -0.4 is 0 Å². The molecular formula is C26H38O3Si. The topological polar surface area (TPSA) is 35.5 Å². The number of hydrogen-bond donors (Lipinski definition) is 0. The van der Waals surface area contributed by atoms with Crippen LogP contribution >= 0.6 is 0 Å². The number of benzene rings is 2. The van der Waals surface area contributed by atoms with Crippen molar-refractivity contribution in [3.8, 4) is 0 Å². The zero-order valence-corrected chi connectivity index (χ0v) is 20.3. The van der Waals surface area contributed by atoms with Gasteiger partial charge in [0.25, 0.3) is 0 Å². The van der Waals surface area contributed by atoms with Crippen LogP contribution in [0.1, 0.15) is 51.2 Å². The number of rotatable bonds is 12. The zero-order valence-electron chi connectivity index (χ0n) is 19.3. The summed E-state index contributed by atoms with van der Waals surface area (Å²) in [6.07, 6.45) is 3.31. The molecule has 0 aliphatic carbocycles. The van der Waals surface area contributed by atoms with Gasteiger partial charge in [-0.2, -0.15) is 0 Å². The van der Waals surface area contributed by atoms with E-state index >= 15 is 0 Å². The summed E-state index contributed by atoms with van der Waals surface area (Å²) in [5.74, 6) is 0.164. The molecule has 3 nitrogen and oxygen atoms in total. The minimum atomic E-state index is -1.87. The van der Waals surface area contributed by atoms with Gasteiger partial charge in [0.2, 0.25) is 0 Å². The van der Waals surface area contributed by atoms with Crippen molar-refractivity contribution in [2.45, 2.75) is 77.3 Å². The second kappa shape index (κ2) is 11.6. The number of hydrogen-bond acceptors (Lipinski definition) is 3. The van der Waals surface area contributed by atoms with E-state index in [2.05, 4.69) is 58.1 Å². The highest BCUT2D eigenvalue weighted by Crippen LogP contribution is 2.38. The summed E-state index contributed by atoms with van der Waals surface area (Å²) in [7, 11) is -1.87. The monoisotopic (exact) mass is 426 g/mol. The third-order valence-corrected chi connectivity index (χ3v) is 10.5. The average Bonchev–Trinajstić information content (AvgIpc) is 2.68. The van der Waals surface area contributed by atoms with E-state index in [1.54, 1.807) is 0 Å². The SMILES string of the molecule is CC(C)(C)[Si](C)(C)OC(CCCC(=O)COCc1ccccc1)Cc1ccccc1. The first kappa shape index (κ1) is 24.5. The van der Waals surface area contributed by atoms with Crippen LogP contribution in [-0.2, 0) is 27.0 Å². The first-order valence-corrected chi connectivity index (χ1v) is 13.9. The van der Waals surface area contributed by atoms with Gasteiger partial charge in [0, 0.05) is 12.5 Å². The molecule has 164 valence electrons. The van der Waals surface area contributed by atoms with Gasteiger partial charge in [0.15, 0.2) is 14.1 Å². The summed E-state index contributed by atoms with van der Waals surface area (Å²) in [6.45, 7) is 12.1. The predicted molar refractivity (Wildman–Crippen MR) is 127 cm³/mol. The van der Waals surface area contributed by atoms with Crippen LogP contribution in [0.25, 0.3) is 0 Å². The largest absolute Gasteiger partial charge is 0.414 e. The van der Waals surface area contributed by atoms with Gasteiger partial charge >= 0.3 is 0 Å². The number of ketones is 1. The van der Waals surface area contributed by atoms with E-state index in [9.17, 15) is 4.79 Å².